The number of allylic oxidation sites excluding steroid dienone is 2. The number of rotatable bonds is 40. The summed E-state index contributed by atoms with van der Waals surface area (Å²) >= 11 is 0. The maximum absolute atomic E-state index is 12.1. The summed E-state index contributed by atoms with van der Waals surface area (Å²) in [6.07, 6.45) is 38.7. The summed E-state index contributed by atoms with van der Waals surface area (Å²) in [5.74, 6) is -0.513. The van der Waals surface area contributed by atoms with Crippen LogP contribution >= 0.6 is 7.82 Å². The van der Waals surface area contributed by atoms with Crippen LogP contribution in [0.4, 0.5) is 0 Å². The molecule has 0 fully saturated rings. The fourth-order valence-electron chi connectivity index (χ4n) is 5.96. The van der Waals surface area contributed by atoms with Gasteiger partial charge in [-0.05, 0) is 38.5 Å². The molecule has 51 heavy (non-hydrogen) atoms. The van der Waals surface area contributed by atoms with Crippen molar-refractivity contribution in [3.63, 3.8) is 0 Å². The predicted molar refractivity (Wildman–Crippen MR) is 211 cm³/mol. The highest BCUT2D eigenvalue weighted by atomic mass is 31.2. The zero-order valence-electron chi connectivity index (χ0n) is 33.1. The van der Waals surface area contributed by atoms with E-state index in [-0.39, 0.29) is 32.1 Å². The zero-order valence-corrected chi connectivity index (χ0v) is 34.0. The van der Waals surface area contributed by atoms with Gasteiger partial charge in [0.05, 0.1) is 13.2 Å². The summed E-state index contributed by atoms with van der Waals surface area (Å²) in [6, 6.07) is 0. The minimum absolute atomic E-state index is 0.0850. The molecule has 0 aromatic carbocycles. The molecule has 1 amide bonds. The average Bonchev–Trinajstić information content (AvgIpc) is 3.11. The molecular formula is C41H80NO8P. The van der Waals surface area contributed by atoms with Crippen molar-refractivity contribution in [2.75, 3.05) is 26.4 Å². The van der Waals surface area contributed by atoms with Gasteiger partial charge in [0.1, 0.15) is 12.7 Å². The van der Waals surface area contributed by atoms with Crippen molar-refractivity contribution in [1.29, 1.82) is 0 Å². The minimum Gasteiger partial charge on any atom is -0.463 e. The number of aliphatic hydroxyl groups is 1. The molecule has 0 saturated heterocycles. The quantitative estimate of drug-likeness (QED) is 0.0244. The van der Waals surface area contributed by atoms with Crippen LogP contribution in [-0.4, -0.2) is 54.3 Å². The molecule has 10 heteroatoms. The monoisotopic (exact) mass is 746 g/mol. The Labute approximate surface area is 313 Å². The van der Waals surface area contributed by atoms with Crippen molar-refractivity contribution in [1.82, 2.24) is 5.32 Å². The maximum atomic E-state index is 12.1. The third-order valence-corrected chi connectivity index (χ3v) is 10.2. The lowest BCUT2D eigenvalue weighted by molar-refractivity contribution is -0.147. The standard InChI is InChI=1S/C41H80NO8P/c1-3-5-7-9-11-13-14-15-16-17-18-19-20-21-22-23-24-26-27-29-31-33-40(44)42-35-36-49-51(46,47)50-38-39(43)37-48-41(45)34-32-30-28-25-12-10-8-6-4-2/h15-16,39,43H,3-14,17-38H2,1-2H3,(H,42,44)(H,46,47)/b16-15+. The van der Waals surface area contributed by atoms with Gasteiger partial charge in [0.25, 0.3) is 0 Å². The number of phosphoric ester groups is 1. The van der Waals surface area contributed by atoms with Crippen molar-refractivity contribution in [3.8, 4) is 0 Å². The average molecular weight is 746 g/mol. The Kier molecular flexibility index (Phi) is 37.5. The van der Waals surface area contributed by atoms with Crippen LogP contribution in [0.5, 0.6) is 0 Å². The Morgan fingerprint density at radius 1 is 0.588 bits per heavy atom. The molecule has 3 N–H and O–H groups in total. The van der Waals surface area contributed by atoms with Crippen LogP contribution in [0, 0.1) is 0 Å². The first-order valence-corrected chi connectivity index (χ1v) is 22.7. The number of hydrogen-bond acceptors (Lipinski definition) is 7. The number of esters is 1. The molecule has 0 spiro atoms. The second-order valence-electron chi connectivity index (χ2n) is 14.3. The topological polar surface area (TPSA) is 131 Å². The van der Waals surface area contributed by atoms with Crippen LogP contribution in [0.1, 0.15) is 206 Å². The number of amides is 1. The summed E-state index contributed by atoms with van der Waals surface area (Å²) in [6.45, 7) is 3.54. The number of nitrogens with one attached hydrogen (secondary N) is 1. The van der Waals surface area contributed by atoms with Gasteiger partial charge in [0, 0.05) is 19.4 Å². The van der Waals surface area contributed by atoms with E-state index >= 15 is 0 Å². The van der Waals surface area contributed by atoms with Gasteiger partial charge >= 0.3 is 13.8 Å². The molecular weight excluding hydrogens is 665 g/mol. The lowest BCUT2D eigenvalue weighted by Gasteiger charge is -2.15. The smallest absolute Gasteiger partial charge is 0.463 e. The Morgan fingerprint density at radius 2 is 1.00 bits per heavy atom. The fourth-order valence-corrected chi connectivity index (χ4v) is 6.72. The first-order chi connectivity index (χ1) is 24.8. The number of carbonyl (C=O) groups excluding carboxylic acids is 2. The van der Waals surface area contributed by atoms with Crippen LogP contribution in [0.3, 0.4) is 0 Å². The van der Waals surface area contributed by atoms with Gasteiger partial charge < -0.3 is 20.1 Å². The van der Waals surface area contributed by atoms with Crippen molar-refractivity contribution in [2.24, 2.45) is 0 Å². The van der Waals surface area contributed by atoms with Gasteiger partial charge in [0.2, 0.25) is 5.91 Å². The largest absolute Gasteiger partial charge is 0.472 e. The van der Waals surface area contributed by atoms with Gasteiger partial charge in [-0.25, -0.2) is 4.57 Å². The number of aliphatic hydroxyl groups excluding tert-OH is 1. The number of phosphoric acid groups is 1. The highest BCUT2D eigenvalue weighted by molar-refractivity contribution is 7.47. The molecule has 9 nitrogen and oxygen atoms in total. The molecule has 2 unspecified atom stereocenters. The van der Waals surface area contributed by atoms with Crippen LogP contribution in [0.2, 0.25) is 0 Å². The lowest BCUT2D eigenvalue weighted by atomic mass is 10.0. The number of hydrogen-bond donors (Lipinski definition) is 3. The summed E-state index contributed by atoms with van der Waals surface area (Å²) < 4.78 is 26.8. The van der Waals surface area contributed by atoms with E-state index in [1.54, 1.807) is 0 Å². The second kappa shape index (κ2) is 38.5. The van der Waals surface area contributed by atoms with E-state index < -0.39 is 26.5 Å². The molecule has 0 rings (SSSR count). The van der Waals surface area contributed by atoms with Crippen LogP contribution in [0.25, 0.3) is 0 Å². The van der Waals surface area contributed by atoms with Gasteiger partial charge in [-0.2, -0.15) is 0 Å². The molecule has 302 valence electrons. The molecule has 2 atom stereocenters. The molecule has 0 aliphatic rings. The van der Waals surface area contributed by atoms with E-state index in [1.165, 1.54) is 141 Å². The minimum atomic E-state index is -4.41. The molecule has 0 heterocycles. The van der Waals surface area contributed by atoms with Gasteiger partial charge in [-0.1, -0.05) is 167 Å². The van der Waals surface area contributed by atoms with E-state index in [2.05, 4.69) is 31.3 Å². The van der Waals surface area contributed by atoms with Crippen LogP contribution < -0.4 is 5.32 Å². The Morgan fingerprint density at radius 3 is 1.47 bits per heavy atom. The fraction of sp³-hybridized carbons (Fsp3) is 0.902. The molecule has 0 aliphatic carbocycles. The summed E-state index contributed by atoms with van der Waals surface area (Å²) in [5, 5.41) is 12.6. The van der Waals surface area contributed by atoms with Crippen molar-refractivity contribution in [3.05, 3.63) is 12.2 Å². The predicted octanol–water partition coefficient (Wildman–Crippen LogP) is 11.4. The molecule has 0 bridgehead atoms. The Hall–Kier alpha value is -1.25. The maximum Gasteiger partial charge on any atom is 0.472 e. The van der Waals surface area contributed by atoms with E-state index in [0.29, 0.717) is 6.42 Å². The van der Waals surface area contributed by atoms with Gasteiger partial charge in [-0.15, -0.1) is 0 Å². The number of carbonyl (C=O) groups is 2. The van der Waals surface area contributed by atoms with E-state index in [4.69, 9.17) is 13.8 Å². The molecule has 0 aliphatic heterocycles. The van der Waals surface area contributed by atoms with E-state index in [9.17, 15) is 24.2 Å². The zero-order chi connectivity index (χ0) is 37.5. The summed E-state index contributed by atoms with van der Waals surface area (Å²) in [5.41, 5.74) is 0. The lowest BCUT2D eigenvalue weighted by Crippen LogP contribution is -2.27. The number of ether oxygens (including phenoxy) is 1. The highest BCUT2D eigenvalue weighted by Crippen LogP contribution is 2.42. The van der Waals surface area contributed by atoms with Crippen molar-refractivity contribution in [2.45, 2.75) is 213 Å². The van der Waals surface area contributed by atoms with Crippen molar-refractivity contribution < 1.29 is 37.9 Å². The first-order valence-electron chi connectivity index (χ1n) is 21.2. The van der Waals surface area contributed by atoms with Crippen molar-refractivity contribution >= 4 is 19.7 Å². The Balaban J connectivity index is 3.54. The highest BCUT2D eigenvalue weighted by Gasteiger charge is 2.23. The van der Waals surface area contributed by atoms with Crippen LogP contribution in [-0.2, 0) is 27.9 Å². The molecule has 0 saturated carbocycles. The van der Waals surface area contributed by atoms with Crippen LogP contribution in [0.15, 0.2) is 12.2 Å². The Bertz CT molecular complexity index is 856. The molecule has 0 radical (unpaired) electrons. The van der Waals surface area contributed by atoms with E-state index in [0.717, 1.165) is 38.5 Å². The number of unbranched alkanes of at least 4 members (excludes halogenated alkanes) is 25. The second-order valence-corrected chi connectivity index (χ2v) is 15.8. The van der Waals surface area contributed by atoms with Gasteiger partial charge in [0.15, 0.2) is 0 Å². The molecule has 0 aromatic heterocycles. The third-order valence-electron chi connectivity index (χ3n) is 9.20. The summed E-state index contributed by atoms with van der Waals surface area (Å²) in [4.78, 5) is 33.8. The van der Waals surface area contributed by atoms with Gasteiger partial charge in [-0.3, -0.25) is 18.6 Å². The normalized spacial score (nSPS) is 13.4. The van der Waals surface area contributed by atoms with E-state index in [1.807, 2.05) is 0 Å². The molecule has 0 aromatic rings. The summed E-state index contributed by atoms with van der Waals surface area (Å²) in [7, 11) is -4.41. The first kappa shape index (κ1) is 49.8. The SMILES string of the molecule is CCCCCCCC/C=C/CCCCCCCCCCCCCC(=O)NCCOP(=O)(O)OCC(O)COC(=O)CCCCCCCCCCC. The third kappa shape index (κ3) is 39.8.